The smallest absolute Gasteiger partial charge is 0.306 e. The van der Waals surface area contributed by atoms with Crippen molar-refractivity contribution >= 4 is 27.5 Å². The van der Waals surface area contributed by atoms with Crippen molar-refractivity contribution in [1.82, 2.24) is 9.97 Å². The molecule has 118 valence electrons. The lowest BCUT2D eigenvalue weighted by Gasteiger charge is -2.09. The number of fused-ring (bicyclic) bond motifs is 3. The van der Waals surface area contributed by atoms with Gasteiger partial charge in [0.15, 0.2) is 0 Å². The average molecular weight is 320 g/mol. The van der Waals surface area contributed by atoms with Crippen LogP contribution >= 0.6 is 11.3 Å². The predicted octanol–water partition coefficient (Wildman–Crippen LogP) is 2.75. The summed E-state index contributed by atoms with van der Waals surface area (Å²) in [4.78, 5) is 33.4. The number of rotatable bonds is 4. The highest BCUT2D eigenvalue weighted by Crippen LogP contribution is 2.33. The first kappa shape index (κ1) is 15.2. The van der Waals surface area contributed by atoms with E-state index in [9.17, 15) is 9.59 Å². The number of H-pyrrole nitrogens is 1. The van der Waals surface area contributed by atoms with Crippen molar-refractivity contribution in [3.8, 4) is 0 Å². The summed E-state index contributed by atoms with van der Waals surface area (Å²) >= 11 is 1.63. The minimum absolute atomic E-state index is 0.0726. The van der Waals surface area contributed by atoms with E-state index in [0.717, 1.165) is 29.5 Å². The van der Waals surface area contributed by atoms with Gasteiger partial charge in [-0.15, -0.1) is 11.3 Å². The van der Waals surface area contributed by atoms with E-state index in [0.29, 0.717) is 12.2 Å². The molecule has 3 rings (SSSR count). The Morgan fingerprint density at radius 3 is 2.91 bits per heavy atom. The molecule has 0 spiro atoms. The number of hydrogen-bond donors (Lipinski definition) is 1. The van der Waals surface area contributed by atoms with Gasteiger partial charge in [-0.1, -0.05) is 0 Å². The van der Waals surface area contributed by atoms with Crippen molar-refractivity contribution in [2.45, 2.75) is 58.5 Å². The Bertz CT molecular complexity index is 761. The fourth-order valence-electron chi connectivity index (χ4n) is 2.87. The lowest BCUT2D eigenvalue weighted by Crippen LogP contribution is -2.16. The van der Waals surface area contributed by atoms with E-state index in [2.05, 4.69) is 9.97 Å². The van der Waals surface area contributed by atoms with Crippen molar-refractivity contribution in [3.05, 3.63) is 26.6 Å². The molecule has 0 fully saturated rings. The van der Waals surface area contributed by atoms with Gasteiger partial charge in [0.25, 0.3) is 5.56 Å². The second-order valence-corrected chi connectivity index (χ2v) is 7.03. The molecule has 1 aliphatic carbocycles. The molecule has 5 nitrogen and oxygen atoms in total. The van der Waals surface area contributed by atoms with Gasteiger partial charge < -0.3 is 9.72 Å². The molecule has 2 heterocycles. The lowest BCUT2D eigenvalue weighted by atomic mass is 9.97. The number of carbonyl (C=O) groups is 1. The number of esters is 1. The Labute approximate surface area is 132 Å². The van der Waals surface area contributed by atoms with Crippen LogP contribution in [0.5, 0.6) is 0 Å². The van der Waals surface area contributed by atoms with E-state index in [-0.39, 0.29) is 24.1 Å². The van der Waals surface area contributed by atoms with Crippen LogP contribution < -0.4 is 5.56 Å². The summed E-state index contributed by atoms with van der Waals surface area (Å²) in [5.41, 5.74) is 1.11. The van der Waals surface area contributed by atoms with Crippen LogP contribution in [0.15, 0.2) is 4.79 Å². The van der Waals surface area contributed by atoms with Crippen LogP contribution in [0.2, 0.25) is 0 Å². The van der Waals surface area contributed by atoms with Crippen molar-refractivity contribution in [2.24, 2.45) is 0 Å². The van der Waals surface area contributed by atoms with Gasteiger partial charge in [-0.25, -0.2) is 4.98 Å². The number of nitrogens with one attached hydrogen (secondary N) is 1. The summed E-state index contributed by atoms with van der Waals surface area (Å²) < 4.78 is 5.10. The number of ether oxygens (including phenoxy) is 1. The summed E-state index contributed by atoms with van der Waals surface area (Å²) in [6, 6.07) is 0. The number of carbonyl (C=O) groups excluding carboxylic acids is 1. The van der Waals surface area contributed by atoms with Crippen LogP contribution in [0.4, 0.5) is 0 Å². The van der Waals surface area contributed by atoms with Crippen molar-refractivity contribution in [3.63, 3.8) is 0 Å². The van der Waals surface area contributed by atoms with Crippen LogP contribution in [-0.2, 0) is 28.8 Å². The first-order chi connectivity index (χ1) is 10.5. The molecule has 0 saturated carbocycles. The molecule has 1 aliphatic rings. The largest absolute Gasteiger partial charge is 0.463 e. The van der Waals surface area contributed by atoms with E-state index >= 15 is 0 Å². The Morgan fingerprint density at radius 2 is 2.14 bits per heavy atom. The third-order valence-corrected chi connectivity index (χ3v) is 4.99. The topological polar surface area (TPSA) is 72.0 Å². The molecule has 2 aromatic rings. The number of aromatic amines is 1. The monoisotopic (exact) mass is 320 g/mol. The molecular weight excluding hydrogens is 300 g/mol. The summed E-state index contributed by atoms with van der Waals surface area (Å²) in [6.45, 7) is 3.64. The van der Waals surface area contributed by atoms with E-state index in [1.165, 1.54) is 16.9 Å². The maximum Gasteiger partial charge on any atom is 0.306 e. The number of hydrogen-bond acceptors (Lipinski definition) is 5. The predicted molar refractivity (Wildman–Crippen MR) is 86.4 cm³/mol. The highest BCUT2D eigenvalue weighted by Gasteiger charge is 2.20. The second-order valence-electron chi connectivity index (χ2n) is 5.94. The van der Waals surface area contributed by atoms with Gasteiger partial charge in [-0.3, -0.25) is 9.59 Å². The number of thiophene rings is 1. The Morgan fingerprint density at radius 1 is 1.36 bits per heavy atom. The highest BCUT2D eigenvalue weighted by atomic mass is 32.1. The molecule has 0 aliphatic heterocycles. The van der Waals surface area contributed by atoms with E-state index in [1.807, 2.05) is 13.8 Å². The standard InChI is InChI=1S/C16H20N2O3S/c1-9(2)21-13(19)8-7-12-17-15(20)14-10-5-3-4-6-11(10)22-16(14)18-12/h9H,3-8H2,1-2H3,(H,17,18,20). The molecular formula is C16H20N2O3S. The normalized spacial score (nSPS) is 14.3. The van der Waals surface area contributed by atoms with Crippen LogP contribution in [0.1, 0.15) is 49.4 Å². The molecule has 1 N–H and O–H groups in total. The molecule has 0 aromatic carbocycles. The van der Waals surface area contributed by atoms with E-state index in [4.69, 9.17) is 4.74 Å². The third kappa shape index (κ3) is 3.06. The Kier molecular flexibility index (Phi) is 4.29. The van der Waals surface area contributed by atoms with Gasteiger partial charge in [0.2, 0.25) is 0 Å². The number of aromatic nitrogens is 2. The molecule has 6 heteroatoms. The molecule has 22 heavy (non-hydrogen) atoms. The molecule has 0 saturated heterocycles. The Hall–Kier alpha value is -1.69. The summed E-state index contributed by atoms with van der Waals surface area (Å²) in [6.07, 6.45) is 4.86. The summed E-state index contributed by atoms with van der Waals surface area (Å²) in [5, 5.41) is 0.758. The van der Waals surface area contributed by atoms with Gasteiger partial charge in [-0.2, -0.15) is 0 Å². The third-order valence-electron chi connectivity index (χ3n) is 3.81. The summed E-state index contributed by atoms with van der Waals surface area (Å²) in [7, 11) is 0. The maximum atomic E-state index is 12.3. The first-order valence-corrected chi connectivity index (χ1v) is 8.59. The average Bonchev–Trinajstić information content (AvgIpc) is 2.83. The number of aryl methyl sites for hydroxylation is 3. The zero-order chi connectivity index (χ0) is 15.7. The maximum absolute atomic E-state index is 12.3. The fraction of sp³-hybridized carbons (Fsp3) is 0.562. The minimum Gasteiger partial charge on any atom is -0.463 e. The van der Waals surface area contributed by atoms with Crippen molar-refractivity contribution < 1.29 is 9.53 Å². The van der Waals surface area contributed by atoms with Gasteiger partial charge in [0.05, 0.1) is 17.9 Å². The number of nitrogens with zero attached hydrogens (tertiary/aromatic N) is 1. The van der Waals surface area contributed by atoms with Gasteiger partial charge in [-0.05, 0) is 45.1 Å². The molecule has 0 unspecified atom stereocenters. The second kappa shape index (κ2) is 6.20. The Balaban J connectivity index is 1.84. The van der Waals surface area contributed by atoms with E-state index < -0.39 is 0 Å². The summed E-state index contributed by atoms with van der Waals surface area (Å²) in [5.74, 6) is 0.306. The molecule has 0 amide bonds. The van der Waals surface area contributed by atoms with Crippen LogP contribution in [0.3, 0.4) is 0 Å². The highest BCUT2D eigenvalue weighted by molar-refractivity contribution is 7.18. The molecule has 0 bridgehead atoms. The molecule has 0 atom stereocenters. The fourth-order valence-corrected chi connectivity index (χ4v) is 4.15. The quantitative estimate of drug-likeness (QED) is 0.879. The van der Waals surface area contributed by atoms with Crippen molar-refractivity contribution in [1.29, 1.82) is 0 Å². The van der Waals surface area contributed by atoms with Crippen molar-refractivity contribution in [2.75, 3.05) is 0 Å². The zero-order valence-electron chi connectivity index (χ0n) is 12.9. The SMILES string of the molecule is CC(C)OC(=O)CCc1nc2sc3c(c2c(=O)[nH]1)CCCC3. The lowest BCUT2D eigenvalue weighted by molar-refractivity contribution is -0.147. The zero-order valence-corrected chi connectivity index (χ0v) is 13.7. The molecule has 0 radical (unpaired) electrons. The van der Waals surface area contributed by atoms with Gasteiger partial charge in [0.1, 0.15) is 10.7 Å². The van der Waals surface area contributed by atoms with Crippen LogP contribution in [-0.4, -0.2) is 22.0 Å². The van der Waals surface area contributed by atoms with Crippen LogP contribution in [0.25, 0.3) is 10.2 Å². The first-order valence-electron chi connectivity index (χ1n) is 7.77. The van der Waals surface area contributed by atoms with Gasteiger partial charge in [0, 0.05) is 11.3 Å². The van der Waals surface area contributed by atoms with Crippen LogP contribution in [0, 0.1) is 0 Å². The van der Waals surface area contributed by atoms with Gasteiger partial charge >= 0.3 is 5.97 Å². The minimum atomic E-state index is -0.261. The van der Waals surface area contributed by atoms with E-state index in [1.54, 1.807) is 11.3 Å². The molecule has 2 aromatic heterocycles.